The number of pyridine rings is 2. The average molecular weight is 568 g/mol. The zero-order chi connectivity index (χ0) is 28.2. The van der Waals surface area contributed by atoms with Gasteiger partial charge in [0.1, 0.15) is 10.6 Å². The van der Waals surface area contributed by atoms with E-state index in [1.54, 1.807) is 30.6 Å². The molecule has 5 aromatic rings. The summed E-state index contributed by atoms with van der Waals surface area (Å²) in [6.45, 7) is 3.84. The molecule has 4 heterocycles. The van der Waals surface area contributed by atoms with Crippen molar-refractivity contribution in [3.05, 3.63) is 91.0 Å². The fraction of sp³-hybridized carbons (Fsp3) is 0.200. The molecule has 1 saturated heterocycles. The number of hydrogen-bond donors (Lipinski definition) is 3. The van der Waals surface area contributed by atoms with E-state index in [9.17, 15) is 8.42 Å². The van der Waals surface area contributed by atoms with Crippen LogP contribution in [-0.4, -0.2) is 47.5 Å². The molecule has 0 aliphatic carbocycles. The second kappa shape index (κ2) is 11.5. The number of rotatable bonds is 8. The number of aryl methyl sites for hydroxylation is 1. The molecule has 2 aromatic carbocycles. The summed E-state index contributed by atoms with van der Waals surface area (Å²) in [4.78, 5) is 17.7. The number of sulfonamides is 1. The van der Waals surface area contributed by atoms with Crippen molar-refractivity contribution in [2.75, 3.05) is 23.1 Å². The molecule has 3 N–H and O–H groups in total. The lowest BCUT2D eigenvalue weighted by atomic mass is 10.0. The van der Waals surface area contributed by atoms with Gasteiger partial charge in [0.15, 0.2) is 0 Å². The molecule has 1 aliphatic heterocycles. The molecule has 0 bridgehead atoms. The van der Waals surface area contributed by atoms with Gasteiger partial charge in [-0.25, -0.2) is 23.4 Å². The highest BCUT2D eigenvalue weighted by molar-refractivity contribution is 7.92. The maximum atomic E-state index is 13.0. The Morgan fingerprint density at radius 3 is 2.68 bits per heavy atom. The number of anilines is 2. The normalized spacial score (nSPS) is 15.4. The molecular formula is C30H29N7O3S. The van der Waals surface area contributed by atoms with E-state index >= 15 is 0 Å². The van der Waals surface area contributed by atoms with Crippen LogP contribution in [0.2, 0.25) is 0 Å². The van der Waals surface area contributed by atoms with E-state index in [1.807, 2.05) is 43.3 Å². The predicted octanol–water partition coefficient (Wildman–Crippen LogP) is 5.15. The van der Waals surface area contributed by atoms with Crippen molar-refractivity contribution in [1.29, 1.82) is 0 Å². The molecule has 0 spiro atoms. The minimum Gasteiger partial charge on any atom is -0.437 e. The zero-order valence-corrected chi connectivity index (χ0v) is 23.2. The molecular weight excluding hydrogens is 538 g/mol. The molecule has 0 saturated carbocycles. The fourth-order valence-electron chi connectivity index (χ4n) is 4.87. The minimum absolute atomic E-state index is 0.0807. The van der Waals surface area contributed by atoms with Gasteiger partial charge in [0.05, 0.1) is 16.9 Å². The van der Waals surface area contributed by atoms with Gasteiger partial charge in [0.2, 0.25) is 11.8 Å². The number of nitrogens with zero attached hydrogens (tertiary/aromatic N) is 4. The number of nitrogens with one attached hydrogen (secondary N) is 3. The van der Waals surface area contributed by atoms with Crippen LogP contribution in [0.5, 0.6) is 11.6 Å². The van der Waals surface area contributed by atoms with E-state index < -0.39 is 10.0 Å². The zero-order valence-electron chi connectivity index (χ0n) is 22.4. The highest BCUT2D eigenvalue weighted by atomic mass is 32.2. The fourth-order valence-corrected chi connectivity index (χ4v) is 5.92. The van der Waals surface area contributed by atoms with E-state index in [0.717, 1.165) is 36.9 Å². The Morgan fingerprint density at radius 1 is 0.951 bits per heavy atom. The largest absolute Gasteiger partial charge is 0.437 e. The first-order valence-corrected chi connectivity index (χ1v) is 14.8. The summed E-state index contributed by atoms with van der Waals surface area (Å²) in [6, 6.07) is 18.1. The van der Waals surface area contributed by atoms with E-state index in [0.29, 0.717) is 39.9 Å². The average Bonchev–Trinajstić information content (AvgIpc) is 3.00. The van der Waals surface area contributed by atoms with Crippen molar-refractivity contribution in [3.63, 3.8) is 0 Å². The van der Waals surface area contributed by atoms with Gasteiger partial charge in [-0.15, -0.1) is 0 Å². The smallest absolute Gasteiger partial charge is 0.263 e. The van der Waals surface area contributed by atoms with Crippen LogP contribution >= 0.6 is 0 Å². The number of fused-ring (bicyclic) bond motifs is 1. The number of piperidine rings is 1. The lowest BCUT2D eigenvalue weighted by Gasteiger charge is -2.23. The van der Waals surface area contributed by atoms with E-state index in [4.69, 9.17) is 9.72 Å². The van der Waals surface area contributed by atoms with Crippen LogP contribution in [0.15, 0.2) is 90.3 Å². The highest BCUT2D eigenvalue weighted by Crippen LogP contribution is 2.39. The summed E-state index contributed by atoms with van der Waals surface area (Å²) in [6.07, 6.45) is 8.40. The number of aromatic nitrogens is 4. The van der Waals surface area contributed by atoms with Crippen LogP contribution in [0.4, 0.5) is 11.6 Å². The molecule has 208 valence electrons. The third-order valence-electron chi connectivity index (χ3n) is 6.93. The van der Waals surface area contributed by atoms with Gasteiger partial charge in [0, 0.05) is 48.1 Å². The summed E-state index contributed by atoms with van der Waals surface area (Å²) in [5.74, 6) is 1.51. The van der Waals surface area contributed by atoms with Crippen molar-refractivity contribution >= 4 is 32.4 Å². The van der Waals surface area contributed by atoms with Crippen LogP contribution in [-0.2, 0) is 10.0 Å². The molecule has 3 aromatic heterocycles. The third-order valence-corrected chi connectivity index (χ3v) is 8.28. The molecule has 1 aliphatic rings. The van der Waals surface area contributed by atoms with Crippen molar-refractivity contribution in [2.45, 2.75) is 30.7 Å². The van der Waals surface area contributed by atoms with E-state index in [1.165, 1.54) is 18.5 Å². The van der Waals surface area contributed by atoms with Crippen LogP contribution in [0.1, 0.15) is 18.4 Å². The quantitative estimate of drug-likeness (QED) is 0.233. The third kappa shape index (κ3) is 5.81. The van der Waals surface area contributed by atoms with Crippen molar-refractivity contribution < 1.29 is 13.2 Å². The Balaban J connectivity index is 1.33. The maximum absolute atomic E-state index is 13.0. The molecule has 0 amide bonds. The van der Waals surface area contributed by atoms with Crippen LogP contribution in [0, 0.1) is 6.92 Å². The first-order chi connectivity index (χ1) is 20.0. The lowest BCUT2D eigenvalue weighted by molar-refractivity contribution is 0.466. The monoisotopic (exact) mass is 567 g/mol. The van der Waals surface area contributed by atoms with Gasteiger partial charge in [-0.2, -0.15) is 0 Å². The van der Waals surface area contributed by atoms with Gasteiger partial charge in [-0.05, 0) is 68.3 Å². The minimum atomic E-state index is -3.83. The number of hydrogen-bond acceptors (Lipinski definition) is 9. The first kappa shape index (κ1) is 26.6. The summed E-state index contributed by atoms with van der Waals surface area (Å²) in [7, 11) is -3.83. The summed E-state index contributed by atoms with van der Waals surface area (Å²) in [5.41, 5.74) is 2.69. The molecule has 0 unspecified atom stereocenters. The van der Waals surface area contributed by atoms with Gasteiger partial charge in [-0.3, -0.25) is 9.71 Å². The topological polar surface area (TPSA) is 131 Å². The number of ether oxygens (including phenoxy) is 1. The Morgan fingerprint density at radius 2 is 1.85 bits per heavy atom. The summed E-state index contributed by atoms with van der Waals surface area (Å²) in [5, 5.41) is 8.24. The first-order valence-electron chi connectivity index (χ1n) is 13.4. The van der Waals surface area contributed by atoms with Gasteiger partial charge in [0.25, 0.3) is 10.0 Å². The molecule has 41 heavy (non-hydrogen) atoms. The van der Waals surface area contributed by atoms with Crippen molar-refractivity contribution in [1.82, 2.24) is 25.3 Å². The maximum Gasteiger partial charge on any atom is 0.263 e. The molecule has 1 fully saturated rings. The second-order valence-electron chi connectivity index (χ2n) is 9.82. The van der Waals surface area contributed by atoms with E-state index in [-0.39, 0.29) is 10.9 Å². The Labute approximate surface area is 238 Å². The van der Waals surface area contributed by atoms with Gasteiger partial charge < -0.3 is 15.4 Å². The van der Waals surface area contributed by atoms with Crippen molar-refractivity contribution in [3.8, 4) is 22.9 Å². The molecule has 10 nitrogen and oxygen atoms in total. The van der Waals surface area contributed by atoms with Gasteiger partial charge in [-0.1, -0.05) is 24.3 Å². The summed E-state index contributed by atoms with van der Waals surface area (Å²) >= 11 is 0. The van der Waals surface area contributed by atoms with E-state index in [2.05, 4.69) is 30.3 Å². The SMILES string of the molecule is Cc1ccc2c(NS(=O)(=O)c3cccnc3)cccc2c1Oc1ncccc1-c1ccnc(N[C@H]2CCCNC2)n1. The van der Waals surface area contributed by atoms with Crippen LogP contribution in [0.3, 0.4) is 0 Å². The Hall–Kier alpha value is -4.61. The van der Waals surface area contributed by atoms with Crippen molar-refractivity contribution in [2.24, 2.45) is 0 Å². The second-order valence-corrected chi connectivity index (χ2v) is 11.5. The predicted molar refractivity (Wildman–Crippen MR) is 159 cm³/mol. The molecule has 1 atom stereocenters. The number of benzene rings is 2. The molecule has 6 rings (SSSR count). The summed E-state index contributed by atoms with van der Waals surface area (Å²) < 4.78 is 35.2. The lowest BCUT2D eigenvalue weighted by Crippen LogP contribution is -2.38. The van der Waals surface area contributed by atoms with Crippen LogP contribution < -0.4 is 20.1 Å². The van der Waals surface area contributed by atoms with Crippen LogP contribution in [0.25, 0.3) is 22.0 Å². The standard InChI is InChI=1S/C30H29N7O3S/c1-20-11-12-23-24(8-2-10-27(23)37-41(38,39)22-7-4-15-32-19-22)28(20)40-29-25(9-5-16-33-29)26-13-17-34-30(36-26)35-21-6-3-14-31-18-21/h2,4-5,7-13,15-17,19,21,31,37H,3,6,14,18H2,1H3,(H,34,35,36)/t21-/m0/s1. The Kier molecular flexibility index (Phi) is 7.45. The molecule has 11 heteroatoms. The van der Waals surface area contributed by atoms with Gasteiger partial charge >= 0.3 is 0 Å². The molecule has 0 radical (unpaired) electrons. The highest BCUT2D eigenvalue weighted by Gasteiger charge is 2.19. The Bertz CT molecular complexity index is 1790.